The standard InChI is InChI=1S/C14H21N3O2/c1-3-5-14(18)17-9-4-6-12(10-17)19-13-7-8-15-11(2)16-13/h7-8,12H,3-6,9-10H2,1-2H3. The van der Waals surface area contributed by atoms with Gasteiger partial charge in [0.1, 0.15) is 11.9 Å². The lowest BCUT2D eigenvalue weighted by atomic mass is 10.1. The lowest BCUT2D eigenvalue weighted by Crippen LogP contribution is -2.44. The maximum absolute atomic E-state index is 11.9. The smallest absolute Gasteiger partial charge is 0.222 e. The lowest BCUT2D eigenvalue weighted by Gasteiger charge is -2.32. The summed E-state index contributed by atoms with van der Waals surface area (Å²) in [6.07, 6.45) is 5.22. The van der Waals surface area contributed by atoms with Crippen molar-refractivity contribution in [3.8, 4) is 5.88 Å². The van der Waals surface area contributed by atoms with E-state index in [-0.39, 0.29) is 12.0 Å². The zero-order valence-electron chi connectivity index (χ0n) is 11.6. The zero-order chi connectivity index (χ0) is 13.7. The Kier molecular flexibility index (Phi) is 4.71. The predicted octanol–water partition coefficient (Wildman–Crippen LogP) is 1.95. The molecule has 0 aliphatic carbocycles. The maximum atomic E-state index is 11.9. The van der Waals surface area contributed by atoms with Crippen LogP contribution < -0.4 is 4.74 Å². The molecule has 104 valence electrons. The largest absolute Gasteiger partial charge is 0.472 e. The molecule has 0 bridgehead atoms. The fourth-order valence-corrected chi connectivity index (χ4v) is 2.30. The molecular weight excluding hydrogens is 242 g/mol. The Morgan fingerprint density at radius 1 is 1.58 bits per heavy atom. The average molecular weight is 263 g/mol. The van der Waals surface area contributed by atoms with E-state index in [1.54, 1.807) is 12.3 Å². The average Bonchev–Trinajstić information content (AvgIpc) is 2.39. The summed E-state index contributed by atoms with van der Waals surface area (Å²) >= 11 is 0. The fourth-order valence-electron chi connectivity index (χ4n) is 2.30. The lowest BCUT2D eigenvalue weighted by molar-refractivity contribution is -0.133. The van der Waals surface area contributed by atoms with E-state index < -0.39 is 0 Å². The van der Waals surface area contributed by atoms with E-state index in [0.29, 0.717) is 24.7 Å². The number of nitrogens with zero attached hydrogens (tertiary/aromatic N) is 3. The summed E-state index contributed by atoms with van der Waals surface area (Å²) in [5.41, 5.74) is 0. The first kappa shape index (κ1) is 13.8. The van der Waals surface area contributed by atoms with Gasteiger partial charge in [-0.05, 0) is 26.2 Å². The van der Waals surface area contributed by atoms with Crippen molar-refractivity contribution in [2.75, 3.05) is 13.1 Å². The summed E-state index contributed by atoms with van der Waals surface area (Å²) in [5.74, 6) is 1.53. The fraction of sp³-hybridized carbons (Fsp3) is 0.643. The molecule has 1 unspecified atom stereocenters. The van der Waals surface area contributed by atoms with Gasteiger partial charge in [-0.3, -0.25) is 4.79 Å². The number of piperidine rings is 1. The van der Waals surface area contributed by atoms with Crippen molar-refractivity contribution < 1.29 is 9.53 Å². The molecule has 1 fully saturated rings. The molecule has 2 rings (SSSR count). The molecule has 2 heterocycles. The van der Waals surface area contributed by atoms with Gasteiger partial charge in [-0.25, -0.2) is 4.98 Å². The second-order valence-electron chi connectivity index (χ2n) is 4.91. The maximum Gasteiger partial charge on any atom is 0.222 e. The van der Waals surface area contributed by atoms with Gasteiger partial charge in [0, 0.05) is 25.2 Å². The van der Waals surface area contributed by atoms with Gasteiger partial charge in [0.15, 0.2) is 0 Å². The van der Waals surface area contributed by atoms with Gasteiger partial charge in [-0.2, -0.15) is 4.98 Å². The van der Waals surface area contributed by atoms with Gasteiger partial charge < -0.3 is 9.64 Å². The minimum Gasteiger partial charge on any atom is -0.472 e. The van der Waals surface area contributed by atoms with Crippen molar-refractivity contribution in [3.63, 3.8) is 0 Å². The second-order valence-corrected chi connectivity index (χ2v) is 4.91. The number of likely N-dealkylation sites (tertiary alicyclic amines) is 1. The first-order valence-corrected chi connectivity index (χ1v) is 6.93. The Morgan fingerprint density at radius 3 is 3.16 bits per heavy atom. The molecule has 1 saturated heterocycles. The first-order chi connectivity index (χ1) is 9.19. The van der Waals surface area contributed by atoms with Crippen molar-refractivity contribution in [1.29, 1.82) is 0 Å². The van der Waals surface area contributed by atoms with Crippen LogP contribution in [0, 0.1) is 6.92 Å². The Labute approximate surface area is 114 Å². The van der Waals surface area contributed by atoms with Gasteiger partial charge in [-0.1, -0.05) is 6.92 Å². The summed E-state index contributed by atoms with van der Waals surface area (Å²) in [5, 5.41) is 0. The topological polar surface area (TPSA) is 55.3 Å². The molecule has 0 saturated carbocycles. The van der Waals surface area contributed by atoms with Crippen molar-refractivity contribution in [3.05, 3.63) is 18.1 Å². The van der Waals surface area contributed by atoms with Crippen molar-refractivity contribution >= 4 is 5.91 Å². The quantitative estimate of drug-likeness (QED) is 0.833. The molecule has 5 heteroatoms. The number of amides is 1. The third kappa shape index (κ3) is 3.91. The molecule has 0 radical (unpaired) electrons. The summed E-state index contributed by atoms with van der Waals surface area (Å²) in [4.78, 5) is 22.1. The highest BCUT2D eigenvalue weighted by Crippen LogP contribution is 2.17. The highest BCUT2D eigenvalue weighted by atomic mass is 16.5. The first-order valence-electron chi connectivity index (χ1n) is 6.93. The molecule has 1 aliphatic heterocycles. The SMILES string of the molecule is CCCC(=O)N1CCCC(Oc2ccnc(C)n2)C1. The number of rotatable bonds is 4. The second kappa shape index (κ2) is 6.50. The molecule has 1 aromatic rings. The van der Waals surface area contributed by atoms with Crippen LogP contribution in [0.2, 0.25) is 0 Å². The minimum absolute atomic E-state index is 0.0452. The highest BCUT2D eigenvalue weighted by molar-refractivity contribution is 5.76. The van der Waals surface area contributed by atoms with Crippen LogP contribution in [0.1, 0.15) is 38.4 Å². The van der Waals surface area contributed by atoms with Gasteiger partial charge in [0.25, 0.3) is 0 Å². The number of ether oxygens (including phenoxy) is 1. The number of carbonyl (C=O) groups is 1. The Bertz CT molecular complexity index is 436. The normalized spacial score (nSPS) is 19.3. The molecule has 0 aromatic carbocycles. The van der Waals surface area contributed by atoms with E-state index in [4.69, 9.17) is 4.74 Å². The van der Waals surface area contributed by atoms with Crippen LogP contribution in [0.15, 0.2) is 12.3 Å². The number of hydrogen-bond donors (Lipinski definition) is 0. The summed E-state index contributed by atoms with van der Waals surface area (Å²) < 4.78 is 5.85. The van der Waals surface area contributed by atoms with Crippen LogP contribution in [0.3, 0.4) is 0 Å². The molecule has 5 nitrogen and oxygen atoms in total. The van der Waals surface area contributed by atoms with E-state index in [9.17, 15) is 4.79 Å². The van der Waals surface area contributed by atoms with E-state index in [1.165, 1.54) is 0 Å². The van der Waals surface area contributed by atoms with Gasteiger partial charge in [0.2, 0.25) is 11.8 Å². The molecule has 0 N–H and O–H groups in total. The number of aryl methyl sites for hydroxylation is 1. The molecule has 1 atom stereocenters. The molecule has 1 aliphatic rings. The van der Waals surface area contributed by atoms with E-state index in [0.717, 1.165) is 25.8 Å². The van der Waals surface area contributed by atoms with Gasteiger partial charge >= 0.3 is 0 Å². The van der Waals surface area contributed by atoms with Crippen LogP contribution in [0.5, 0.6) is 5.88 Å². The zero-order valence-corrected chi connectivity index (χ0v) is 11.6. The number of carbonyl (C=O) groups excluding carboxylic acids is 1. The van der Waals surface area contributed by atoms with Crippen LogP contribution in [-0.4, -0.2) is 40.0 Å². The van der Waals surface area contributed by atoms with Crippen LogP contribution in [0.4, 0.5) is 0 Å². The van der Waals surface area contributed by atoms with E-state index in [2.05, 4.69) is 9.97 Å². The van der Waals surface area contributed by atoms with E-state index in [1.807, 2.05) is 18.7 Å². The Hall–Kier alpha value is -1.65. The van der Waals surface area contributed by atoms with Gasteiger partial charge in [-0.15, -0.1) is 0 Å². The third-order valence-electron chi connectivity index (χ3n) is 3.23. The summed E-state index contributed by atoms with van der Waals surface area (Å²) in [7, 11) is 0. The van der Waals surface area contributed by atoms with Crippen molar-refractivity contribution in [2.24, 2.45) is 0 Å². The molecule has 1 aromatic heterocycles. The van der Waals surface area contributed by atoms with Crippen LogP contribution >= 0.6 is 0 Å². The van der Waals surface area contributed by atoms with Crippen LogP contribution in [0.25, 0.3) is 0 Å². The number of aromatic nitrogens is 2. The van der Waals surface area contributed by atoms with Gasteiger partial charge in [0.05, 0.1) is 6.54 Å². The summed E-state index contributed by atoms with van der Waals surface area (Å²) in [6, 6.07) is 1.76. The number of hydrogen-bond acceptors (Lipinski definition) is 4. The Balaban J connectivity index is 1.92. The Morgan fingerprint density at radius 2 is 2.42 bits per heavy atom. The predicted molar refractivity (Wildman–Crippen MR) is 71.9 cm³/mol. The molecule has 1 amide bonds. The molecular formula is C14H21N3O2. The van der Waals surface area contributed by atoms with E-state index >= 15 is 0 Å². The third-order valence-corrected chi connectivity index (χ3v) is 3.23. The monoisotopic (exact) mass is 263 g/mol. The van der Waals surface area contributed by atoms with Crippen molar-refractivity contribution in [2.45, 2.75) is 45.6 Å². The van der Waals surface area contributed by atoms with Crippen molar-refractivity contribution in [1.82, 2.24) is 14.9 Å². The molecule has 19 heavy (non-hydrogen) atoms. The minimum atomic E-state index is 0.0452. The highest BCUT2D eigenvalue weighted by Gasteiger charge is 2.24. The van der Waals surface area contributed by atoms with Crippen LogP contribution in [-0.2, 0) is 4.79 Å². The summed E-state index contributed by atoms with van der Waals surface area (Å²) in [6.45, 7) is 5.38. The molecule has 0 spiro atoms.